The number of aliphatic hydroxyl groups excluding tert-OH is 1. The fraction of sp³-hybridized carbons (Fsp3) is 0.333. The van der Waals surface area contributed by atoms with Gasteiger partial charge in [0.1, 0.15) is 0 Å². The summed E-state index contributed by atoms with van der Waals surface area (Å²) in [5.41, 5.74) is -1.05. The molecular weight excluding hydrogens is 120 g/mol. The minimum Gasteiger partial charge on any atom is -0.445 e. The van der Waals surface area contributed by atoms with Crippen LogP contribution in [0.25, 0.3) is 0 Å². The zero-order chi connectivity index (χ0) is 6.78. The van der Waals surface area contributed by atoms with Crippen molar-refractivity contribution in [3.63, 3.8) is 0 Å². The van der Waals surface area contributed by atoms with Gasteiger partial charge in [0.15, 0.2) is 0 Å². The first-order valence-electron chi connectivity index (χ1n) is 1.97. The Kier molecular flexibility index (Phi) is 2.09. The Balaban J connectivity index is 3.82. The number of aliphatic hydroxyl groups is 1. The van der Waals surface area contributed by atoms with E-state index in [1.807, 2.05) is 0 Å². The van der Waals surface area contributed by atoms with Crippen LogP contribution in [0.4, 0.5) is 12.9 Å². The fourth-order valence-electron chi connectivity index (χ4n) is 0.104. The lowest BCUT2D eigenvalue weighted by molar-refractivity contribution is 0.327. The van der Waals surface area contributed by atoms with Gasteiger partial charge in [-0.25, -0.2) is 0 Å². The molecule has 0 aliphatic carbocycles. The van der Waals surface area contributed by atoms with Gasteiger partial charge in [0, 0.05) is 6.61 Å². The van der Waals surface area contributed by atoms with Crippen molar-refractivity contribution in [1.82, 2.24) is 0 Å². The van der Waals surface area contributed by atoms with E-state index in [-0.39, 0.29) is 0 Å². The van der Waals surface area contributed by atoms with E-state index in [4.69, 9.17) is 5.11 Å². The Labute approximate surface area is 44.9 Å². The Morgan fingerprint density at radius 3 is 1.88 bits per heavy atom. The van der Waals surface area contributed by atoms with Crippen molar-refractivity contribution >= 4 is 6.98 Å². The van der Waals surface area contributed by atoms with Crippen molar-refractivity contribution in [2.75, 3.05) is 6.61 Å². The molecular formula is C3H5BF3O-. The largest absolute Gasteiger partial charge is 0.507 e. The van der Waals surface area contributed by atoms with E-state index in [2.05, 4.69) is 6.58 Å². The maximum atomic E-state index is 11.3. The van der Waals surface area contributed by atoms with Crippen molar-refractivity contribution in [3.05, 3.63) is 12.1 Å². The van der Waals surface area contributed by atoms with Crippen LogP contribution in [-0.4, -0.2) is 18.7 Å². The molecule has 8 heavy (non-hydrogen) atoms. The van der Waals surface area contributed by atoms with Crippen LogP contribution in [0.1, 0.15) is 0 Å². The van der Waals surface area contributed by atoms with E-state index in [1.165, 1.54) is 0 Å². The summed E-state index contributed by atoms with van der Waals surface area (Å²) in [4.78, 5) is 0. The molecule has 48 valence electrons. The van der Waals surface area contributed by atoms with Gasteiger partial charge in [-0.1, -0.05) is 0 Å². The number of hydrogen-bond donors (Lipinski definition) is 1. The Morgan fingerprint density at radius 1 is 1.50 bits per heavy atom. The SMILES string of the molecule is C=C(CO)[B-](F)(F)F. The third-order valence-electron chi connectivity index (χ3n) is 0.666. The summed E-state index contributed by atoms with van der Waals surface area (Å²) in [6.45, 7) is -3.41. The predicted octanol–water partition coefficient (Wildman–Crippen LogP) is 0.921. The molecule has 0 unspecified atom stereocenters. The third kappa shape index (κ3) is 2.02. The summed E-state index contributed by atoms with van der Waals surface area (Å²) >= 11 is 0. The summed E-state index contributed by atoms with van der Waals surface area (Å²) in [7, 11) is 0. The lowest BCUT2D eigenvalue weighted by Crippen LogP contribution is -2.20. The fourth-order valence-corrected chi connectivity index (χ4v) is 0.104. The van der Waals surface area contributed by atoms with Gasteiger partial charge in [-0.05, 0) is 0 Å². The van der Waals surface area contributed by atoms with E-state index < -0.39 is 19.1 Å². The first-order chi connectivity index (χ1) is 3.48. The molecule has 0 aromatic heterocycles. The lowest BCUT2D eigenvalue weighted by Gasteiger charge is -2.14. The van der Waals surface area contributed by atoms with Crippen LogP contribution in [0, 0.1) is 0 Å². The van der Waals surface area contributed by atoms with Crippen molar-refractivity contribution in [2.45, 2.75) is 0 Å². The van der Waals surface area contributed by atoms with E-state index in [0.29, 0.717) is 0 Å². The van der Waals surface area contributed by atoms with Crippen molar-refractivity contribution in [2.24, 2.45) is 0 Å². The molecule has 0 aliphatic heterocycles. The Bertz CT molecular complexity index is 97.2. The molecule has 0 saturated carbocycles. The van der Waals surface area contributed by atoms with E-state index >= 15 is 0 Å². The Hall–Kier alpha value is -0.445. The van der Waals surface area contributed by atoms with Crippen LogP contribution >= 0.6 is 0 Å². The lowest BCUT2D eigenvalue weighted by atomic mass is 9.81. The van der Waals surface area contributed by atoms with Gasteiger partial charge >= 0.3 is 6.98 Å². The van der Waals surface area contributed by atoms with Gasteiger partial charge in [0.25, 0.3) is 0 Å². The minimum absolute atomic E-state index is 0.997. The predicted molar refractivity (Wildman–Crippen MR) is 25.3 cm³/mol. The molecule has 0 radical (unpaired) electrons. The van der Waals surface area contributed by atoms with Gasteiger partial charge in [-0.15, -0.1) is 12.1 Å². The normalized spacial score (nSPS) is 11.5. The molecule has 0 amide bonds. The topological polar surface area (TPSA) is 20.2 Å². The molecule has 0 fully saturated rings. The van der Waals surface area contributed by atoms with E-state index in [9.17, 15) is 12.9 Å². The maximum Gasteiger partial charge on any atom is 0.507 e. The van der Waals surface area contributed by atoms with Gasteiger partial charge in [-0.2, -0.15) is 0 Å². The second-order valence-corrected chi connectivity index (χ2v) is 1.39. The molecule has 0 saturated heterocycles. The van der Waals surface area contributed by atoms with Gasteiger partial charge in [0.2, 0.25) is 0 Å². The molecule has 0 heterocycles. The molecule has 1 N–H and O–H groups in total. The minimum atomic E-state index is -5.01. The average molecular weight is 125 g/mol. The molecule has 0 spiro atoms. The zero-order valence-electron chi connectivity index (χ0n) is 4.07. The molecule has 1 nitrogen and oxygen atoms in total. The second kappa shape index (κ2) is 2.22. The highest BCUT2D eigenvalue weighted by atomic mass is 19.4. The van der Waals surface area contributed by atoms with Gasteiger partial charge in [0.05, 0.1) is 0 Å². The van der Waals surface area contributed by atoms with Crippen molar-refractivity contribution in [3.8, 4) is 0 Å². The Morgan fingerprint density at radius 2 is 1.88 bits per heavy atom. The monoisotopic (exact) mass is 125 g/mol. The average Bonchev–Trinajstić information content (AvgIpc) is 1.62. The summed E-state index contributed by atoms with van der Waals surface area (Å²) in [6, 6.07) is 0. The van der Waals surface area contributed by atoms with Crippen LogP contribution in [-0.2, 0) is 0 Å². The van der Waals surface area contributed by atoms with E-state index in [0.717, 1.165) is 0 Å². The zero-order valence-corrected chi connectivity index (χ0v) is 4.07. The number of hydrogen-bond acceptors (Lipinski definition) is 1. The van der Waals surface area contributed by atoms with Crippen molar-refractivity contribution < 1.29 is 18.1 Å². The van der Waals surface area contributed by atoms with Gasteiger partial charge < -0.3 is 18.1 Å². The summed E-state index contributed by atoms with van der Waals surface area (Å²) in [5.74, 6) is 0. The molecule has 0 rings (SSSR count). The number of halogens is 3. The molecule has 0 aliphatic rings. The summed E-state index contributed by atoms with van der Waals surface area (Å²) in [6.07, 6.45) is 0. The molecule has 0 atom stereocenters. The van der Waals surface area contributed by atoms with Crippen LogP contribution < -0.4 is 0 Å². The maximum absolute atomic E-state index is 11.3. The highest BCUT2D eigenvalue weighted by Gasteiger charge is 2.25. The molecule has 5 heteroatoms. The van der Waals surface area contributed by atoms with Crippen LogP contribution in [0.15, 0.2) is 12.1 Å². The van der Waals surface area contributed by atoms with Crippen LogP contribution in [0.3, 0.4) is 0 Å². The molecule has 0 bridgehead atoms. The summed E-state index contributed by atoms with van der Waals surface area (Å²) in [5, 5.41) is 7.87. The van der Waals surface area contributed by atoms with Crippen LogP contribution in [0.5, 0.6) is 0 Å². The second-order valence-electron chi connectivity index (χ2n) is 1.39. The molecule has 0 aromatic rings. The highest BCUT2D eigenvalue weighted by Crippen LogP contribution is 2.16. The van der Waals surface area contributed by atoms with Crippen LogP contribution in [0.2, 0.25) is 0 Å². The quantitative estimate of drug-likeness (QED) is 0.544. The first-order valence-corrected chi connectivity index (χ1v) is 1.97. The van der Waals surface area contributed by atoms with E-state index in [1.54, 1.807) is 0 Å². The highest BCUT2D eigenvalue weighted by molar-refractivity contribution is 6.66. The number of rotatable bonds is 2. The smallest absolute Gasteiger partial charge is 0.445 e. The molecule has 0 aromatic carbocycles. The van der Waals surface area contributed by atoms with Gasteiger partial charge in [-0.3, -0.25) is 0 Å². The summed E-state index contributed by atoms with van der Waals surface area (Å²) < 4.78 is 33.8. The third-order valence-corrected chi connectivity index (χ3v) is 0.666. The van der Waals surface area contributed by atoms with Crippen molar-refractivity contribution in [1.29, 1.82) is 0 Å². The first kappa shape index (κ1) is 7.55. The standard InChI is InChI=1S/C3H5BF3O/c1-3(2-8)4(5,6)7/h8H,1-2H2/q-1.